The van der Waals surface area contributed by atoms with Gasteiger partial charge >= 0.3 is 30.0 Å². The zero-order valence-corrected chi connectivity index (χ0v) is 9.74. The van der Waals surface area contributed by atoms with Gasteiger partial charge in [0, 0.05) is 20.5 Å². The van der Waals surface area contributed by atoms with Gasteiger partial charge in [0.05, 0.1) is 0 Å². The minimum atomic E-state index is -0.315. The third-order valence-corrected chi connectivity index (χ3v) is 0.526. The molecule has 2 nitrogen and oxygen atoms in total. The number of methoxy groups -OCH3 is 2. The monoisotopic (exact) mass is 232 g/mol. The predicted molar refractivity (Wildman–Crippen MR) is 32.1 cm³/mol. The van der Waals surface area contributed by atoms with Crippen molar-refractivity contribution in [3.63, 3.8) is 0 Å². The molecule has 0 saturated carbocycles. The molecular weight excluding hydrogens is 225 g/mol. The first kappa shape index (κ1) is 11.8. The molecule has 46 valence electrons. The Morgan fingerprint density at radius 1 is 1.38 bits per heavy atom. The van der Waals surface area contributed by atoms with Crippen LogP contribution in [0.1, 0.15) is 0 Å². The van der Waals surface area contributed by atoms with E-state index in [1.54, 1.807) is 14.2 Å². The first-order valence-corrected chi connectivity index (χ1v) is 8.91. The van der Waals surface area contributed by atoms with Crippen LogP contribution in [0.5, 0.6) is 0 Å². The van der Waals surface area contributed by atoms with Crippen LogP contribution in [0.15, 0.2) is 0 Å². The van der Waals surface area contributed by atoms with E-state index in [9.17, 15) is 0 Å². The molecule has 0 aliphatic rings. The maximum atomic E-state index is 4.57. The van der Waals surface area contributed by atoms with Crippen LogP contribution < -0.4 is 0 Å². The number of hydrogen-bond acceptors (Lipinski definition) is 2. The quantitative estimate of drug-likeness (QED) is 0.407. The van der Waals surface area contributed by atoms with Crippen LogP contribution in [0.25, 0.3) is 0 Å². The third-order valence-electron chi connectivity index (χ3n) is 0.526. The summed E-state index contributed by atoms with van der Waals surface area (Å²) in [5, 5.41) is 0. The van der Waals surface area contributed by atoms with Crippen LogP contribution in [0, 0.1) is 6.92 Å². The van der Waals surface area contributed by atoms with Gasteiger partial charge in [-0.25, -0.2) is 0 Å². The van der Waals surface area contributed by atoms with E-state index in [1.807, 2.05) is 0 Å². The molecule has 0 amide bonds. The van der Waals surface area contributed by atoms with Crippen molar-refractivity contribution >= 4 is 13.6 Å². The molecule has 0 spiro atoms. The van der Waals surface area contributed by atoms with Gasteiger partial charge < -0.3 is 9.47 Å². The van der Waals surface area contributed by atoms with Crippen molar-refractivity contribution < 1.29 is 25.8 Å². The molecule has 4 heteroatoms. The van der Waals surface area contributed by atoms with E-state index in [0.29, 0.717) is 0 Å². The normalized spacial score (nSPS) is 8.38. The second-order valence-electron chi connectivity index (χ2n) is 0.901. The number of hydrogen-bond donors (Lipinski definition) is 0. The van der Waals surface area contributed by atoms with E-state index >= 15 is 0 Å². The van der Waals surface area contributed by atoms with E-state index in [4.69, 9.17) is 0 Å². The van der Waals surface area contributed by atoms with Crippen LogP contribution in [0.4, 0.5) is 0 Å². The zero-order valence-electron chi connectivity index (χ0n) is 5.19. The molecule has 0 aliphatic carbocycles. The summed E-state index contributed by atoms with van der Waals surface area (Å²) in [6.07, 6.45) is -0.315. The topological polar surface area (TPSA) is 18.5 Å². The molecule has 0 bridgehead atoms. The molecule has 0 aromatic rings. The van der Waals surface area contributed by atoms with Crippen molar-refractivity contribution in [2.24, 2.45) is 0 Å². The van der Waals surface area contributed by atoms with Gasteiger partial charge in [-0.05, 0) is 0 Å². The molecule has 0 fully saturated rings. The standard InChI is InChI=1S/C4H9O2.BrH.Zn/c1-4(5-2)6-3;;/h4H,1H2,2-3H3;1H;/q-1;;+2/p-1. The summed E-state index contributed by atoms with van der Waals surface area (Å²) in [6.45, 7) is 3.43. The summed E-state index contributed by atoms with van der Waals surface area (Å²) in [7, 11) is 3.09. The van der Waals surface area contributed by atoms with E-state index in [-0.39, 0.29) is 6.29 Å². The Morgan fingerprint density at radius 3 is 1.62 bits per heavy atom. The van der Waals surface area contributed by atoms with Gasteiger partial charge in [0.25, 0.3) is 0 Å². The average Bonchev–Trinajstić information content (AvgIpc) is 1.91. The fourth-order valence-corrected chi connectivity index (χ4v) is 0.0962. The summed E-state index contributed by atoms with van der Waals surface area (Å²) >= 11 is 4.25. The molecule has 0 unspecified atom stereocenters. The van der Waals surface area contributed by atoms with E-state index in [1.165, 1.54) is 16.3 Å². The average molecular weight is 234 g/mol. The van der Waals surface area contributed by atoms with Gasteiger partial charge in [-0.1, -0.05) is 0 Å². The summed E-state index contributed by atoms with van der Waals surface area (Å²) in [5.41, 5.74) is 0. The fourth-order valence-electron chi connectivity index (χ4n) is 0.0962. The first-order chi connectivity index (χ1) is 3.81. The summed E-state index contributed by atoms with van der Waals surface area (Å²) in [6, 6.07) is 0. The van der Waals surface area contributed by atoms with Crippen molar-refractivity contribution in [2.45, 2.75) is 6.29 Å². The second kappa shape index (κ2) is 10.9. The number of halogens is 1. The van der Waals surface area contributed by atoms with Gasteiger partial charge in [-0.2, -0.15) is 0 Å². The van der Waals surface area contributed by atoms with Crippen LogP contribution in [-0.4, -0.2) is 20.5 Å². The molecule has 0 saturated heterocycles. The van der Waals surface area contributed by atoms with Crippen LogP contribution in [0.3, 0.4) is 0 Å². The molecule has 0 rings (SSSR count). The summed E-state index contributed by atoms with van der Waals surface area (Å²) in [5.74, 6) is 0. The van der Waals surface area contributed by atoms with Gasteiger partial charge in [-0.15, -0.1) is 0 Å². The third kappa shape index (κ3) is 10.1. The van der Waals surface area contributed by atoms with Gasteiger partial charge in [-0.3, -0.25) is 6.92 Å². The Morgan fingerprint density at radius 2 is 1.62 bits per heavy atom. The van der Waals surface area contributed by atoms with Gasteiger partial charge in [0.15, 0.2) is 0 Å². The van der Waals surface area contributed by atoms with Crippen molar-refractivity contribution in [2.75, 3.05) is 14.2 Å². The number of rotatable bonds is 2. The van der Waals surface area contributed by atoms with Crippen molar-refractivity contribution in [3.8, 4) is 0 Å². The molecule has 8 heavy (non-hydrogen) atoms. The fraction of sp³-hybridized carbons (Fsp3) is 0.750. The van der Waals surface area contributed by atoms with Crippen LogP contribution in [0.2, 0.25) is 0 Å². The Labute approximate surface area is 67.0 Å². The second-order valence-corrected chi connectivity index (χ2v) is 0.901. The van der Waals surface area contributed by atoms with E-state index in [0.717, 1.165) is 0 Å². The van der Waals surface area contributed by atoms with Crippen molar-refractivity contribution in [3.05, 3.63) is 6.92 Å². The Hall–Kier alpha value is 1.02. The molecule has 0 aliphatic heterocycles. The molecular formula is C4H9BrO2Zn. The summed E-state index contributed by atoms with van der Waals surface area (Å²) in [4.78, 5) is 0. The zero-order chi connectivity index (χ0) is 6.99. The van der Waals surface area contributed by atoms with E-state index < -0.39 is 0 Å². The predicted octanol–water partition coefficient (Wildman–Crippen LogP) is 1.28. The Balaban J connectivity index is 0. The molecule has 0 N–H and O–H groups in total. The molecule has 0 aromatic heterocycles. The molecule has 0 atom stereocenters. The minimum absolute atomic E-state index is 0.315. The first-order valence-electron chi connectivity index (χ1n) is 1.96. The molecule has 0 aromatic carbocycles. The Kier molecular flexibility index (Phi) is 16.1. The van der Waals surface area contributed by atoms with E-state index in [2.05, 4.69) is 30.0 Å². The Bertz CT molecular complexity index is 33.2. The van der Waals surface area contributed by atoms with Crippen molar-refractivity contribution in [1.29, 1.82) is 0 Å². The molecule has 0 heterocycles. The molecule has 0 radical (unpaired) electrons. The summed E-state index contributed by atoms with van der Waals surface area (Å²) < 4.78 is 9.13. The SMILES string of the molecule is [CH2-]C(OC)OC.[Zn+][Br]. The maximum absolute atomic E-state index is 4.57. The van der Waals surface area contributed by atoms with Crippen LogP contribution in [-0.2, 0) is 25.8 Å². The van der Waals surface area contributed by atoms with Crippen molar-refractivity contribution in [1.82, 2.24) is 0 Å². The van der Waals surface area contributed by atoms with Crippen LogP contribution >= 0.6 is 13.6 Å². The number of ether oxygens (including phenoxy) is 2. The van der Waals surface area contributed by atoms with Gasteiger partial charge in [0.2, 0.25) is 0 Å². The van der Waals surface area contributed by atoms with Gasteiger partial charge in [0.1, 0.15) is 0 Å².